The first-order valence-corrected chi connectivity index (χ1v) is 12.1. The van der Waals surface area contributed by atoms with Gasteiger partial charge in [-0.15, -0.1) is 11.3 Å². The molecule has 1 aliphatic rings. The molecule has 0 bridgehead atoms. The van der Waals surface area contributed by atoms with E-state index in [0.717, 1.165) is 11.3 Å². The van der Waals surface area contributed by atoms with Gasteiger partial charge in [-0.3, -0.25) is 19.3 Å². The van der Waals surface area contributed by atoms with Crippen molar-refractivity contribution in [1.29, 1.82) is 0 Å². The fourth-order valence-corrected chi connectivity index (χ4v) is 4.29. The Morgan fingerprint density at radius 3 is 2.42 bits per heavy atom. The Hall–Kier alpha value is -3.43. The summed E-state index contributed by atoms with van der Waals surface area (Å²) in [5, 5.41) is 4.25. The van der Waals surface area contributed by atoms with Crippen LogP contribution in [0.2, 0.25) is 4.34 Å². The molecule has 0 aliphatic carbocycles. The van der Waals surface area contributed by atoms with Gasteiger partial charge in [-0.1, -0.05) is 11.6 Å². The van der Waals surface area contributed by atoms with Crippen LogP contribution in [0.5, 0.6) is 0 Å². The lowest BCUT2D eigenvalue weighted by Gasteiger charge is -2.29. The number of carbonyl (C=O) groups is 4. The van der Waals surface area contributed by atoms with Crippen molar-refractivity contribution in [3.8, 4) is 0 Å². The van der Waals surface area contributed by atoms with E-state index in [-0.39, 0.29) is 41.1 Å². The molecule has 1 aromatic carbocycles. The lowest BCUT2D eigenvalue weighted by Crippen LogP contribution is -2.55. The standard InChI is InChI=1S/C22H21ClF4N4O6S/c23-16-6-5-15(38-16)19(33)28-9-14(29-22(35)37-10-17(24)25)20(34)31(21(26)27)13-3-1-12(2-4-13)30-7-8-36-11-18(30)32/h1-6,14,17,21H,7-11H2,(H,28,33)(H,29,35)/t14-/m1/s1. The Kier molecular flexibility index (Phi) is 10.3. The number of carbonyl (C=O) groups excluding carboxylic acids is 4. The van der Waals surface area contributed by atoms with E-state index in [4.69, 9.17) is 16.3 Å². The Morgan fingerprint density at radius 2 is 1.84 bits per heavy atom. The van der Waals surface area contributed by atoms with Crippen LogP contribution in [0.25, 0.3) is 0 Å². The van der Waals surface area contributed by atoms with E-state index >= 15 is 0 Å². The second-order valence-electron chi connectivity index (χ2n) is 7.60. The normalized spacial score (nSPS) is 14.4. The van der Waals surface area contributed by atoms with E-state index < -0.39 is 50.1 Å². The molecule has 3 rings (SSSR count). The summed E-state index contributed by atoms with van der Waals surface area (Å²) in [5.74, 6) is -2.42. The molecule has 2 aromatic rings. The van der Waals surface area contributed by atoms with E-state index in [0.29, 0.717) is 10.0 Å². The highest BCUT2D eigenvalue weighted by atomic mass is 35.5. The van der Waals surface area contributed by atoms with Gasteiger partial charge in [-0.2, -0.15) is 8.78 Å². The zero-order valence-electron chi connectivity index (χ0n) is 19.4. The summed E-state index contributed by atoms with van der Waals surface area (Å²) in [7, 11) is 0. The molecule has 0 spiro atoms. The number of thiophene rings is 1. The number of morpholine rings is 1. The fourth-order valence-electron chi connectivity index (χ4n) is 3.33. The smallest absolute Gasteiger partial charge is 0.408 e. The molecule has 1 atom stereocenters. The summed E-state index contributed by atoms with van der Waals surface area (Å²) in [6.07, 6.45) is -4.49. The zero-order chi connectivity index (χ0) is 27.8. The topological polar surface area (TPSA) is 117 Å². The number of rotatable bonds is 10. The van der Waals surface area contributed by atoms with Crippen LogP contribution in [0.3, 0.4) is 0 Å². The minimum Gasteiger partial charge on any atom is -0.443 e. The Labute approximate surface area is 222 Å². The number of benzene rings is 1. The SMILES string of the molecule is O=C(N[C@H](CNC(=O)c1ccc(Cl)s1)C(=O)N(c1ccc(N2CCOCC2=O)cc1)C(F)F)OCC(F)F. The third-order valence-electron chi connectivity index (χ3n) is 5.05. The molecule has 38 heavy (non-hydrogen) atoms. The molecule has 206 valence electrons. The van der Waals surface area contributed by atoms with Crippen LogP contribution in [0.15, 0.2) is 36.4 Å². The number of alkyl carbamates (subject to hydrolysis) is 1. The summed E-state index contributed by atoms with van der Waals surface area (Å²) in [4.78, 5) is 51.0. The highest BCUT2D eigenvalue weighted by molar-refractivity contribution is 7.18. The van der Waals surface area contributed by atoms with Crippen molar-refractivity contribution in [2.45, 2.75) is 19.0 Å². The van der Waals surface area contributed by atoms with Crippen LogP contribution in [-0.2, 0) is 19.1 Å². The van der Waals surface area contributed by atoms with Gasteiger partial charge < -0.3 is 25.0 Å². The molecule has 0 saturated carbocycles. The molecule has 1 saturated heterocycles. The summed E-state index contributed by atoms with van der Waals surface area (Å²) in [6, 6.07) is 6.04. The molecule has 10 nitrogen and oxygen atoms in total. The van der Waals surface area contributed by atoms with Crippen molar-refractivity contribution < 1.29 is 46.2 Å². The van der Waals surface area contributed by atoms with Gasteiger partial charge in [0.1, 0.15) is 12.6 Å². The van der Waals surface area contributed by atoms with Gasteiger partial charge in [0, 0.05) is 24.5 Å². The van der Waals surface area contributed by atoms with Crippen LogP contribution in [0.4, 0.5) is 33.7 Å². The lowest BCUT2D eigenvalue weighted by molar-refractivity contribution is -0.126. The van der Waals surface area contributed by atoms with Gasteiger partial charge in [-0.05, 0) is 36.4 Å². The Balaban J connectivity index is 1.79. The van der Waals surface area contributed by atoms with Crippen molar-refractivity contribution in [3.05, 3.63) is 45.6 Å². The maximum Gasteiger partial charge on any atom is 0.408 e. The number of hydrogen-bond donors (Lipinski definition) is 2. The number of hydrogen-bond acceptors (Lipinski definition) is 7. The molecule has 2 N–H and O–H groups in total. The third kappa shape index (κ3) is 7.79. The number of anilines is 2. The molecule has 16 heteroatoms. The summed E-state index contributed by atoms with van der Waals surface area (Å²) in [5.41, 5.74) is 0.0920. The van der Waals surface area contributed by atoms with Crippen molar-refractivity contribution >= 4 is 58.1 Å². The van der Waals surface area contributed by atoms with Crippen LogP contribution >= 0.6 is 22.9 Å². The van der Waals surface area contributed by atoms with E-state index in [1.165, 1.54) is 41.3 Å². The average Bonchev–Trinajstić information content (AvgIpc) is 3.32. The van der Waals surface area contributed by atoms with Crippen LogP contribution in [0.1, 0.15) is 9.67 Å². The van der Waals surface area contributed by atoms with Gasteiger partial charge in [0.2, 0.25) is 0 Å². The van der Waals surface area contributed by atoms with Gasteiger partial charge in [0.25, 0.3) is 24.1 Å². The van der Waals surface area contributed by atoms with Gasteiger partial charge in [0.05, 0.1) is 15.8 Å². The molecule has 0 unspecified atom stereocenters. The van der Waals surface area contributed by atoms with E-state index in [2.05, 4.69) is 10.1 Å². The molecule has 2 heterocycles. The molecular formula is C22H21ClF4N4O6S. The molecule has 1 aromatic heterocycles. The minimum atomic E-state index is -3.40. The number of nitrogens with one attached hydrogen (secondary N) is 2. The Bertz CT molecular complexity index is 1150. The quantitative estimate of drug-likeness (QED) is 0.329. The molecular weight excluding hydrogens is 560 g/mol. The molecule has 1 aliphatic heterocycles. The summed E-state index contributed by atoms with van der Waals surface area (Å²) in [6.45, 7) is -4.98. The third-order valence-corrected chi connectivity index (χ3v) is 6.28. The predicted molar refractivity (Wildman–Crippen MR) is 129 cm³/mol. The first-order chi connectivity index (χ1) is 18.1. The number of amides is 4. The van der Waals surface area contributed by atoms with E-state index in [1.807, 2.05) is 5.32 Å². The number of alkyl halides is 4. The van der Waals surface area contributed by atoms with Crippen LogP contribution < -0.4 is 20.4 Å². The summed E-state index contributed by atoms with van der Waals surface area (Å²) < 4.78 is 62.5. The predicted octanol–water partition coefficient (Wildman–Crippen LogP) is 3.11. The maximum atomic E-state index is 14.1. The minimum absolute atomic E-state index is 0.0527. The summed E-state index contributed by atoms with van der Waals surface area (Å²) >= 11 is 6.70. The highest BCUT2D eigenvalue weighted by Gasteiger charge is 2.33. The van der Waals surface area contributed by atoms with Crippen molar-refractivity contribution in [3.63, 3.8) is 0 Å². The molecule has 0 radical (unpaired) electrons. The number of nitrogens with zero attached hydrogens (tertiary/aromatic N) is 2. The maximum absolute atomic E-state index is 14.1. The largest absolute Gasteiger partial charge is 0.443 e. The number of halogens is 5. The second-order valence-corrected chi connectivity index (χ2v) is 9.32. The van der Waals surface area contributed by atoms with Crippen molar-refractivity contribution in [2.24, 2.45) is 0 Å². The number of ether oxygens (including phenoxy) is 2. The van der Waals surface area contributed by atoms with Crippen molar-refractivity contribution in [1.82, 2.24) is 10.6 Å². The van der Waals surface area contributed by atoms with E-state index in [9.17, 15) is 36.7 Å². The van der Waals surface area contributed by atoms with Gasteiger partial charge in [-0.25, -0.2) is 13.6 Å². The van der Waals surface area contributed by atoms with Gasteiger partial charge in [0.15, 0.2) is 6.61 Å². The second kappa shape index (κ2) is 13.4. The molecule has 1 fully saturated rings. The fraction of sp³-hybridized carbons (Fsp3) is 0.364. The zero-order valence-corrected chi connectivity index (χ0v) is 20.9. The van der Waals surface area contributed by atoms with Crippen molar-refractivity contribution in [2.75, 3.05) is 42.7 Å². The van der Waals surface area contributed by atoms with Crippen LogP contribution in [0, 0.1) is 0 Å². The highest BCUT2D eigenvalue weighted by Crippen LogP contribution is 2.25. The van der Waals surface area contributed by atoms with E-state index in [1.54, 1.807) is 0 Å². The van der Waals surface area contributed by atoms with Crippen LogP contribution in [-0.4, -0.2) is 75.7 Å². The first kappa shape index (κ1) is 29.1. The lowest BCUT2D eigenvalue weighted by atomic mass is 10.2. The average molecular weight is 581 g/mol. The first-order valence-electron chi connectivity index (χ1n) is 10.9. The molecule has 4 amide bonds. The monoisotopic (exact) mass is 580 g/mol. The Morgan fingerprint density at radius 1 is 1.13 bits per heavy atom. The van der Waals surface area contributed by atoms with Gasteiger partial charge >= 0.3 is 12.6 Å².